The van der Waals surface area contributed by atoms with Crippen LogP contribution in [0.5, 0.6) is 0 Å². The summed E-state index contributed by atoms with van der Waals surface area (Å²) in [5.74, 6) is 0. The first-order valence-corrected chi connectivity index (χ1v) is 6.45. The molecule has 0 N–H and O–H groups in total. The highest BCUT2D eigenvalue weighted by atomic mass is 16.8. The Kier molecular flexibility index (Phi) is 10.4. The number of rotatable bonds is 8. The molecule has 0 atom stereocenters. The predicted octanol–water partition coefficient (Wildman–Crippen LogP) is 1.87. The fourth-order valence-corrected chi connectivity index (χ4v) is 1.05. The van der Waals surface area contributed by atoms with Gasteiger partial charge in [-0.3, -0.25) is 0 Å². The van der Waals surface area contributed by atoms with Crippen molar-refractivity contribution in [2.45, 2.75) is 26.9 Å². The van der Waals surface area contributed by atoms with Crippen molar-refractivity contribution in [3.8, 4) is 0 Å². The zero-order valence-electron chi connectivity index (χ0n) is 12.3. The number of carbonyl (C=O) groups excluding carboxylic acids is 3. The Morgan fingerprint density at radius 3 is 1.43 bits per heavy atom. The zero-order chi connectivity index (χ0) is 16.1. The molecule has 122 valence electrons. The van der Waals surface area contributed by atoms with Gasteiger partial charge in [0.2, 0.25) is 0 Å². The third-order valence-electron chi connectivity index (χ3n) is 1.82. The van der Waals surface area contributed by atoms with Gasteiger partial charge in [-0.1, -0.05) is 0 Å². The molecular formula is C12H20O9. The predicted molar refractivity (Wildman–Crippen MR) is 67.8 cm³/mol. The largest absolute Gasteiger partial charge is 0.508 e. The van der Waals surface area contributed by atoms with Crippen LogP contribution >= 0.6 is 0 Å². The highest BCUT2D eigenvalue weighted by molar-refractivity contribution is 5.61. The quantitative estimate of drug-likeness (QED) is 0.490. The fraction of sp³-hybridized carbons (Fsp3) is 0.750. The average Bonchev–Trinajstić information content (AvgIpc) is 2.42. The van der Waals surface area contributed by atoms with Crippen molar-refractivity contribution >= 4 is 18.5 Å². The van der Waals surface area contributed by atoms with Crippen LogP contribution in [0.25, 0.3) is 0 Å². The lowest BCUT2D eigenvalue weighted by atomic mass is 10.4. The Hall–Kier alpha value is -2.19. The first-order chi connectivity index (χ1) is 10.0. The smallest absolute Gasteiger partial charge is 0.435 e. The molecule has 0 rings (SSSR count). The van der Waals surface area contributed by atoms with Gasteiger partial charge in [0.15, 0.2) is 6.10 Å². The number of hydrogen-bond donors (Lipinski definition) is 0. The first kappa shape index (κ1) is 18.8. The minimum atomic E-state index is -1.03. The van der Waals surface area contributed by atoms with E-state index in [1.165, 1.54) is 0 Å². The molecule has 9 heteroatoms. The van der Waals surface area contributed by atoms with Crippen LogP contribution in [0.1, 0.15) is 20.8 Å². The van der Waals surface area contributed by atoms with Gasteiger partial charge >= 0.3 is 18.5 Å². The van der Waals surface area contributed by atoms with Gasteiger partial charge < -0.3 is 28.4 Å². The summed E-state index contributed by atoms with van der Waals surface area (Å²) in [6.45, 7) is 4.51. The van der Waals surface area contributed by atoms with Crippen molar-refractivity contribution in [1.82, 2.24) is 0 Å². The molecular weight excluding hydrogens is 288 g/mol. The van der Waals surface area contributed by atoms with Gasteiger partial charge in [-0.15, -0.1) is 0 Å². The van der Waals surface area contributed by atoms with E-state index in [2.05, 4.69) is 23.7 Å². The zero-order valence-corrected chi connectivity index (χ0v) is 12.3. The van der Waals surface area contributed by atoms with Gasteiger partial charge in [-0.05, 0) is 20.8 Å². The van der Waals surface area contributed by atoms with Gasteiger partial charge in [0.05, 0.1) is 19.8 Å². The maximum absolute atomic E-state index is 11.2. The van der Waals surface area contributed by atoms with E-state index in [4.69, 9.17) is 4.74 Å². The van der Waals surface area contributed by atoms with Crippen LogP contribution in [-0.4, -0.2) is 57.6 Å². The minimum Gasteiger partial charge on any atom is -0.435 e. The van der Waals surface area contributed by atoms with Crippen LogP contribution in [0.15, 0.2) is 0 Å². The molecule has 21 heavy (non-hydrogen) atoms. The van der Waals surface area contributed by atoms with E-state index < -0.39 is 24.6 Å². The summed E-state index contributed by atoms with van der Waals surface area (Å²) in [4.78, 5) is 33.3. The number of hydrogen-bond acceptors (Lipinski definition) is 9. The Labute approximate surface area is 122 Å². The lowest BCUT2D eigenvalue weighted by Gasteiger charge is -2.17. The Bertz CT molecular complexity index is 307. The summed E-state index contributed by atoms with van der Waals surface area (Å²) in [6.07, 6.45) is -3.85. The molecule has 0 aromatic carbocycles. The molecule has 0 bridgehead atoms. The van der Waals surface area contributed by atoms with Crippen LogP contribution in [-0.2, 0) is 28.4 Å². The average molecular weight is 308 g/mol. The maximum Gasteiger partial charge on any atom is 0.508 e. The maximum atomic E-state index is 11.2. The van der Waals surface area contributed by atoms with E-state index >= 15 is 0 Å². The summed E-state index contributed by atoms with van der Waals surface area (Å²) < 4.78 is 27.9. The lowest BCUT2D eigenvalue weighted by molar-refractivity contribution is -0.0436. The molecule has 0 aromatic heterocycles. The summed E-state index contributed by atoms with van der Waals surface area (Å²) in [7, 11) is 0. The first-order valence-electron chi connectivity index (χ1n) is 6.45. The van der Waals surface area contributed by atoms with E-state index in [1.807, 2.05) is 0 Å². The number of carbonyl (C=O) groups is 3. The highest BCUT2D eigenvalue weighted by Gasteiger charge is 2.20. The Morgan fingerprint density at radius 2 is 1.05 bits per heavy atom. The summed E-state index contributed by atoms with van der Waals surface area (Å²) in [5.41, 5.74) is 0. The van der Waals surface area contributed by atoms with Crippen LogP contribution in [0.3, 0.4) is 0 Å². The Morgan fingerprint density at radius 1 is 0.667 bits per heavy atom. The third kappa shape index (κ3) is 10.3. The van der Waals surface area contributed by atoms with Crippen molar-refractivity contribution in [2.75, 3.05) is 33.0 Å². The second-order valence-corrected chi connectivity index (χ2v) is 3.41. The summed E-state index contributed by atoms with van der Waals surface area (Å²) in [6, 6.07) is 0. The second-order valence-electron chi connectivity index (χ2n) is 3.41. The van der Waals surface area contributed by atoms with Crippen LogP contribution in [0, 0.1) is 0 Å². The molecule has 0 radical (unpaired) electrons. The van der Waals surface area contributed by atoms with E-state index in [-0.39, 0.29) is 33.0 Å². The van der Waals surface area contributed by atoms with Crippen molar-refractivity contribution in [1.29, 1.82) is 0 Å². The number of ether oxygens (including phenoxy) is 6. The molecule has 0 aliphatic rings. The van der Waals surface area contributed by atoms with E-state index in [9.17, 15) is 14.4 Å². The monoisotopic (exact) mass is 308 g/mol. The van der Waals surface area contributed by atoms with E-state index in [0.29, 0.717) is 0 Å². The molecule has 0 aliphatic carbocycles. The van der Waals surface area contributed by atoms with Crippen LogP contribution < -0.4 is 0 Å². The van der Waals surface area contributed by atoms with Crippen LogP contribution in [0.2, 0.25) is 0 Å². The molecule has 0 fully saturated rings. The topological polar surface area (TPSA) is 107 Å². The normalized spacial score (nSPS) is 9.71. The highest BCUT2D eigenvalue weighted by Crippen LogP contribution is 2.01. The van der Waals surface area contributed by atoms with Gasteiger partial charge in [0.1, 0.15) is 13.2 Å². The van der Waals surface area contributed by atoms with Crippen molar-refractivity contribution in [2.24, 2.45) is 0 Å². The van der Waals surface area contributed by atoms with Gasteiger partial charge in [0.25, 0.3) is 0 Å². The molecule has 0 spiro atoms. The minimum absolute atomic E-state index is 0.114. The molecule has 0 unspecified atom stereocenters. The van der Waals surface area contributed by atoms with Gasteiger partial charge in [-0.2, -0.15) is 0 Å². The molecule has 0 saturated heterocycles. The second kappa shape index (κ2) is 11.6. The van der Waals surface area contributed by atoms with Crippen molar-refractivity contribution in [3.05, 3.63) is 0 Å². The molecule has 0 heterocycles. The molecule has 0 aromatic rings. The van der Waals surface area contributed by atoms with Crippen molar-refractivity contribution < 1.29 is 42.8 Å². The lowest BCUT2D eigenvalue weighted by Crippen LogP contribution is -2.31. The molecule has 0 saturated carbocycles. The molecule has 0 amide bonds. The standard InChI is InChI=1S/C12H20O9/c1-4-16-10(13)19-7-9(21-12(15)18-6-3)8-20-11(14)17-5-2/h9H,4-8H2,1-3H3. The molecule has 9 nitrogen and oxygen atoms in total. The van der Waals surface area contributed by atoms with E-state index in [1.54, 1.807) is 20.8 Å². The summed E-state index contributed by atoms with van der Waals surface area (Å²) >= 11 is 0. The van der Waals surface area contributed by atoms with E-state index in [0.717, 1.165) is 0 Å². The van der Waals surface area contributed by atoms with Crippen LogP contribution in [0.4, 0.5) is 14.4 Å². The third-order valence-corrected chi connectivity index (χ3v) is 1.82. The fourth-order valence-electron chi connectivity index (χ4n) is 1.05. The SMILES string of the molecule is CCOC(=O)OCC(COC(=O)OCC)OC(=O)OCC. The van der Waals surface area contributed by atoms with Gasteiger partial charge in [-0.25, -0.2) is 14.4 Å². The van der Waals surface area contributed by atoms with Gasteiger partial charge in [0, 0.05) is 0 Å². The summed E-state index contributed by atoms with van der Waals surface area (Å²) in [5, 5.41) is 0. The van der Waals surface area contributed by atoms with Crippen molar-refractivity contribution in [3.63, 3.8) is 0 Å². The molecule has 0 aliphatic heterocycles. The Balaban J connectivity index is 4.29.